The first-order valence-corrected chi connectivity index (χ1v) is 8.55. The number of hydrogen-bond donors (Lipinski definition) is 0. The summed E-state index contributed by atoms with van der Waals surface area (Å²) < 4.78 is 7.11. The van der Waals surface area contributed by atoms with Crippen molar-refractivity contribution in [2.24, 2.45) is 0 Å². The van der Waals surface area contributed by atoms with Crippen LogP contribution in [0.25, 0.3) is 0 Å². The highest BCUT2D eigenvalue weighted by atomic mass is 35.5. The number of ether oxygens (including phenoxy) is 1. The summed E-state index contributed by atoms with van der Waals surface area (Å²) >= 11 is 5.62. The van der Waals surface area contributed by atoms with Gasteiger partial charge in [0.25, 0.3) is 16.9 Å². The van der Waals surface area contributed by atoms with Gasteiger partial charge in [-0.25, -0.2) is 0 Å². The fourth-order valence-electron chi connectivity index (χ4n) is 3.53. The lowest BCUT2D eigenvalue weighted by molar-refractivity contribution is -0.133. The maximum atomic E-state index is 12.8. The molecule has 0 aliphatic carbocycles. The molecule has 0 atom stereocenters. The lowest BCUT2D eigenvalue weighted by atomic mass is 9.90. The molecule has 0 aromatic carbocycles. The Bertz CT molecular complexity index is 704. The third-order valence-corrected chi connectivity index (χ3v) is 5.53. The van der Waals surface area contributed by atoms with E-state index in [1.807, 2.05) is 6.92 Å². The lowest BCUT2D eigenvalue weighted by Crippen LogP contribution is -2.52. The Hall–Kier alpha value is -1.66. The molecule has 1 amide bonds. The molecule has 0 unspecified atom stereocenters. The fourth-order valence-corrected chi connectivity index (χ4v) is 3.69. The minimum Gasteiger partial charge on any atom is -0.381 e. The van der Waals surface area contributed by atoms with E-state index in [1.54, 1.807) is 11.6 Å². The molecule has 1 aromatic heterocycles. The van der Waals surface area contributed by atoms with E-state index in [0.29, 0.717) is 44.6 Å². The first-order chi connectivity index (χ1) is 11.3. The van der Waals surface area contributed by atoms with Gasteiger partial charge in [-0.15, -0.1) is 0 Å². The molecule has 7 heteroatoms. The van der Waals surface area contributed by atoms with Crippen LogP contribution in [0.15, 0.2) is 6.07 Å². The number of rotatable bonds is 4. The van der Waals surface area contributed by atoms with E-state index in [9.17, 15) is 14.4 Å². The van der Waals surface area contributed by atoms with E-state index in [0.717, 1.165) is 12.1 Å². The van der Waals surface area contributed by atoms with Crippen molar-refractivity contribution in [2.75, 3.05) is 20.3 Å². The third kappa shape index (κ3) is 2.78. The van der Waals surface area contributed by atoms with Gasteiger partial charge in [0, 0.05) is 38.0 Å². The topological polar surface area (TPSA) is 68.6 Å². The minimum atomic E-state index is -0.586. The van der Waals surface area contributed by atoms with Crippen molar-refractivity contribution in [1.29, 1.82) is 0 Å². The molecule has 0 N–H and O–H groups in total. The number of halogens is 1. The summed E-state index contributed by atoms with van der Waals surface area (Å²) in [6.45, 7) is 3.75. The monoisotopic (exact) mass is 352 g/mol. The zero-order valence-electron chi connectivity index (χ0n) is 13.9. The van der Waals surface area contributed by atoms with Gasteiger partial charge in [0.15, 0.2) is 0 Å². The number of fused-ring (bicyclic) bond motifs is 1. The summed E-state index contributed by atoms with van der Waals surface area (Å²) in [6.07, 6.45) is 2.92. The molecule has 24 heavy (non-hydrogen) atoms. The summed E-state index contributed by atoms with van der Waals surface area (Å²) in [5.74, 6) is -1.14. The Labute approximate surface area is 145 Å². The standard InChI is InChI=1S/C17H21ClN2O4/c1-17(5-8-24-9-6-17)19(2)16(23)14(21)13-10-11(15(18)22)12-4-3-7-20(12)13/h10H,3-9H2,1-2H3. The fraction of sp³-hybridized carbons (Fsp3) is 0.588. The van der Waals surface area contributed by atoms with E-state index < -0.39 is 22.5 Å². The van der Waals surface area contributed by atoms with Crippen molar-refractivity contribution in [2.45, 2.75) is 44.7 Å². The smallest absolute Gasteiger partial charge is 0.296 e. The van der Waals surface area contributed by atoms with Crippen LogP contribution in [0.4, 0.5) is 0 Å². The number of ketones is 1. The van der Waals surface area contributed by atoms with Crippen molar-refractivity contribution in [3.8, 4) is 0 Å². The highest BCUT2D eigenvalue weighted by Crippen LogP contribution is 2.29. The molecule has 0 radical (unpaired) electrons. The van der Waals surface area contributed by atoms with Crippen LogP contribution in [0.3, 0.4) is 0 Å². The van der Waals surface area contributed by atoms with E-state index in [4.69, 9.17) is 16.3 Å². The molecular weight excluding hydrogens is 332 g/mol. The van der Waals surface area contributed by atoms with Gasteiger partial charge in [-0.3, -0.25) is 14.4 Å². The molecule has 0 spiro atoms. The first kappa shape index (κ1) is 17.2. The molecule has 0 saturated carbocycles. The van der Waals surface area contributed by atoms with Crippen LogP contribution in [0.5, 0.6) is 0 Å². The first-order valence-electron chi connectivity index (χ1n) is 8.17. The van der Waals surface area contributed by atoms with Crippen LogP contribution in [0.2, 0.25) is 0 Å². The van der Waals surface area contributed by atoms with E-state index in [1.165, 1.54) is 11.0 Å². The molecule has 1 fully saturated rings. The summed E-state index contributed by atoms with van der Waals surface area (Å²) in [7, 11) is 1.66. The number of nitrogens with zero attached hydrogens (tertiary/aromatic N) is 2. The Morgan fingerprint density at radius 2 is 1.96 bits per heavy atom. The van der Waals surface area contributed by atoms with Gasteiger partial charge < -0.3 is 14.2 Å². The highest BCUT2D eigenvalue weighted by Gasteiger charge is 2.38. The zero-order chi connectivity index (χ0) is 17.5. The number of carbonyl (C=O) groups excluding carboxylic acids is 3. The number of likely N-dealkylation sites (N-methyl/N-ethyl adjacent to an activating group) is 1. The van der Waals surface area contributed by atoms with Crippen LogP contribution in [-0.4, -0.2) is 52.2 Å². The molecule has 3 rings (SSSR count). The van der Waals surface area contributed by atoms with Gasteiger partial charge >= 0.3 is 0 Å². The Morgan fingerprint density at radius 1 is 1.29 bits per heavy atom. The summed E-state index contributed by atoms with van der Waals surface area (Å²) in [6, 6.07) is 1.46. The van der Waals surface area contributed by atoms with Crippen molar-refractivity contribution in [3.05, 3.63) is 23.0 Å². The molecule has 0 bridgehead atoms. The number of amides is 1. The van der Waals surface area contributed by atoms with E-state index in [2.05, 4.69) is 0 Å². The molecule has 130 valence electrons. The highest BCUT2D eigenvalue weighted by molar-refractivity contribution is 6.68. The summed E-state index contributed by atoms with van der Waals surface area (Å²) in [5, 5.41) is -0.586. The Morgan fingerprint density at radius 3 is 2.58 bits per heavy atom. The van der Waals surface area contributed by atoms with Crippen LogP contribution in [0.1, 0.15) is 52.7 Å². The summed E-state index contributed by atoms with van der Waals surface area (Å²) in [4.78, 5) is 38.6. The second-order valence-corrected chi connectivity index (χ2v) is 7.06. The van der Waals surface area contributed by atoms with Gasteiger partial charge in [-0.05, 0) is 50.3 Å². The van der Waals surface area contributed by atoms with Gasteiger partial charge in [0.2, 0.25) is 0 Å². The van der Waals surface area contributed by atoms with Crippen molar-refractivity contribution >= 4 is 28.5 Å². The molecule has 3 heterocycles. The summed E-state index contributed by atoms with van der Waals surface area (Å²) in [5.41, 5.74) is 0.964. The maximum absolute atomic E-state index is 12.8. The number of aromatic nitrogens is 1. The second kappa shape index (κ2) is 6.33. The van der Waals surface area contributed by atoms with Gasteiger partial charge in [0.1, 0.15) is 0 Å². The van der Waals surface area contributed by atoms with Gasteiger partial charge in [-0.2, -0.15) is 0 Å². The Balaban J connectivity index is 1.88. The van der Waals surface area contributed by atoms with Crippen LogP contribution in [-0.2, 0) is 22.5 Å². The molecule has 1 saturated heterocycles. The third-order valence-electron chi connectivity index (χ3n) is 5.33. The van der Waals surface area contributed by atoms with E-state index in [-0.39, 0.29) is 5.69 Å². The molecular formula is C17H21ClN2O4. The number of carbonyl (C=O) groups is 3. The normalized spacial score (nSPS) is 19.0. The molecule has 6 nitrogen and oxygen atoms in total. The van der Waals surface area contributed by atoms with Crippen molar-refractivity contribution in [3.63, 3.8) is 0 Å². The average molecular weight is 353 g/mol. The van der Waals surface area contributed by atoms with E-state index >= 15 is 0 Å². The number of Topliss-reactive ketones (excluding diaryl/α,β-unsaturated/α-hetero) is 1. The lowest BCUT2D eigenvalue weighted by Gasteiger charge is -2.41. The van der Waals surface area contributed by atoms with Crippen molar-refractivity contribution < 1.29 is 19.1 Å². The molecule has 1 aromatic rings. The quantitative estimate of drug-likeness (QED) is 0.472. The minimum absolute atomic E-state index is 0.263. The molecule has 2 aliphatic heterocycles. The van der Waals surface area contributed by atoms with Crippen LogP contribution >= 0.6 is 11.6 Å². The predicted molar refractivity (Wildman–Crippen MR) is 88.5 cm³/mol. The van der Waals surface area contributed by atoms with Gasteiger partial charge in [-0.1, -0.05) is 0 Å². The Kier molecular flexibility index (Phi) is 4.53. The second-order valence-electron chi connectivity index (χ2n) is 6.72. The SMILES string of the molecule is CN(C(=O)C(=O)c1cc(C(=O)Cl)c2n1CCC2)C1(C)CCOCC1. The largest absolute Gasteiger partial charge is 0.381 e. The average Bonchev–Trinajstić information content (AvgIpc) is 3.15. The van der Waals surface area contributed by atoms with Gasteiger partial charge in [0.05, 0.1) is 11.3 Å². The maximum Gasteiger partial charge on any atom is 0.296 e. The van der Waals surface area contributed by atoms with Crippen LogP contribution < -0.4 is 0 Å². The number of hydrogen-bond acceptors (Lipinski definition) is 4. The zero-order valence-corrected chi connectivity index (χ0v) is 14.7. The molecule has 2 aliphatic rings. The van der Waals surface area contributed by atoms with Crippen molar-refractivity contribution in [1.82, 2.24) is 9.47 Å². The predicted octanol–water partition coefficient (Wildman–Crippen LogP) is 2.02. The van der Waals surface area contributed by atoms with Crippen LogP contribution in [0, 0.1) is 0 Å².